The van der Waals surface area contributed by atoms with Gasteiger partial charge in [0.05, 0.1) is 11.6 Å². The first-order valence-electron chi connectivity index (χ1n) is 10.8. The molecule has 1 fully saturated rings. The summed E-state index contributed by atoms with van der Waals surface area (Å²) in [4.78, 5) is 32.0. The van der Waals surface area contributed by atoms with Crippen molar-refractivity contribution in [2.45, 2.75) is 12.8 Å². The van der Waals surface area contributed by atoms with Gasteiger partial charge >= 0.3 is 0 Å². The van der Waals surface area contributed by atoms with Gasteiger partial charge in [-0.25, -0.2) is 4.98 Å². The molecule has 2 aliphatic rings. The van der Waals surface area contributed by atoms with Crippen molar-refractivity contribution < 1.29 is 19.1 Å². The van der Waals surface area contributed by atoms with Gasteiger partial charge < -0.3 is 19.7 Å². The molecule has 1 atom stereocenters. The van der Waals surface area contributed by atoms with Gasteiger partial charge in [0.1, 0.15) is 13.2 Å². The first kappa shape index (κ1) is 21.7. The number of nitrogens with zero attached hydrogens (tertiary/aromatic N) is 2. The van der Waals surface area contributed by atoms with Crippen LogP contribution in [0.25, 0.3) is 11.3 Å². The van der Waals surface area contributed by atoms with Crippen LogP contribution in [0.5, 0.6) is 11.5 Å². The number of amides is 2. The van der Waals surface area contributed by atoms with Crippen molar-refractivity contribution in [3.63, 3.8) is 0 Å². The lowest BCUT2D eigenvalue weighted by atomic mass is 9.96. The molecule has 2 amide bonds. The zero-order chi connectivity index (χ0) is 22.8. The highest BCUT2D eigenvalue weighted by molar-refractivity contribution is 7.14. The topological polar surface area (TPSA) is 80.8 Å². The Labute approximate surface area is 200 Å². The summed E-state index contributed by atoms with van der Waals surface area (Å²) >= 11 is 7.29. The molecule has 1 N–H and O–H groups in total. The number of carbonyl (C=O) groups is 2. The normalized spacial score (nSPS) is 17.5. The number of rotatable bonds is 4. The molecule has 33 heavy (non-hydrogen) atoms. The summed E-state index contributed by atoms with van der Waals surface area (Å²) in [7, 11) is 0. The van der Waals surface area contributed by atoms with E-state index in [4.69, 9.17) is 21.1 Å². The quantitative estimate of drug-likeness (QED) is 0.580. The van der Waals surface area contributed by atoms with Gasteiger partial charge in [0.15, 0.2) is 16.6 Å². The van der Waals surface area contributed by atoms with E-state index in [0.717, 1.165) is 29.8 Å². The molecule has 0 saturated carbocycles. The molecular formula is C24H22ClN3O4S. The fourth-order valence-corrected chi connectivity index (χ4v) is 4.87. The number of nitrogens with one attached hydrogen (secondary N) is 1. The van der Waals surface area contributed by atoms with Gasteiger partial charge in [-0.2, -0.15) is 0 Å². The molecule has 3 aromatic rings. The van der Waals surface area contributed by atoms with Gasteiger partial charge in [-0.05, 0) is 55.3 Å². The molecule has 1 unspecified atom stereocenters. The molecule has 0 radical (unpaired) electrons. The molecule has 1 aromatic heterocycles. The second kappa shape index (κ2) is 9.41. The van der Waals surface area contributed by atoms with Crippen LogP contribution in [-0.2, 0) is 4.79 Å². The summed E-state index contributed by atoms with van der Waals surface area (Å²) in [5.74, 6) is 0.941. The van der Waals surface area contributed by atoms with Gasteiger partial charge in [-0.15, -0.1) is 11.3 Å². The Hall–Kier alpha value is -3.10. The lowest BCUT2D eigenvalue weighted by Crippen LogP contribution is -2.43. The van der Waals surface area contributed by atoms with E-state index >= 15 is 0 Å². The minimum Gasteiger partial charge on any atom is -0.486 e. The minimum atomic E-state index is -0.281. The van der Waals surface area contributed by atoms with Gasteiger partial charge in [0.2, 0.25) is 5.91 Å². The second-order valence-corrected chi connectivity index (χ2v) is 9.28. The van der Waals surface area contributed by atoms with Crippen molar-refractivity contribution in [1.29, 1.82) is 0 Å². The molecule has 9 heteroatoms. The molecule has 1 saturated heterocycles. The smallest absolute Gasteiger partial charge is 0.253 e. The predicted molar refractivity (Wildman–Crippen MR) is 127 cm³/mol. The van der Waals surface area contributed by atoms with Crippen molar-refractivity contribution >= 4 is 39.9 Å². The molecule has 0 spiro atoms. The minimum absolute atomic E-state index is 0.0840. The summed E-state index contributed by atoms with van der Waals surface area (Å²) in [6, 6.07) is 12.5. The summed E-state index contributed by atoms with van der Waals surface area (Å²) in [5.41, 5.74) is 2.23. The average molecular weight is 484 g/mol. The number of piperidine rings is 1. The Morgan fingerprint density at radius 3 is 2.70 bits per heavy atom. The van der Waals surface area contributed by atoms with Crippen LogP contribution < -0.4 is 14.8 Å². The highest BCUT2D eigenvalue weighted by Crippen LogP contribution is 2.35. The van der Waals surface area contributed by atoms with Gasteiger partial charge in [-0.3, -0.25) is 9.59 Å². The van der Waals surface area contributed by atoms with Crippen molar-refractivity contribution in [2.75, 3.05) is 31.6 Å². The number of hydrogen-bond donors (Lipinski definition) is 1. The van der Waals surface area contributed by atoms with Crippen LogP contribution in [0.3, 0.4) is 0 Å². The average Bonchev–Trinajstić information content (AvgIpc) is 3.32. The fraction of sp³-hybridized carbons (Fsp3) is 0.292. The maximum Gasteiger partial charge on any atom is 0.253 e. The maximum absolute atomic E-state index is 12.9. The van der Waals surface area contributed by atoms with Crippen LogP contribution in [0.4, 0.5) is 5.13 Å². The monoisotopic (exact) mass is 483 g/mol. The predicted octanol–water partition coefficient (Wildman–Crippen LogP) is 4.73. The number of likely N-dealkylation sites (tertiary alicyclic amines) is 1. The van der Waals surface area contributed by atoms with Crippen LogP contribution in [-0.4, -0.2) is 48.0 Å². The number of halogens is 1. The van der Waals surface area contributed by atoms with E-state index in [1.165, 1.54) is 11.3 Å². The van der Waals surface area contributed by atoms with E-state index in [0.29, 0.717) is 47.8 Å². The highest BCUT2D eigenvalue weighted by Gasteiger charge is 2.29. The van der Waals surface area contributed by atoms with Crippen LogP contribution >= 0.6 is 22.9 Å². The molecule has 2 aliphatic heterocycles. The first-order chi connectivity index (χ1) is 16.1. The number of hydrogen-bond acceptors (Lipinski definition) is 6. The van der Waals surface area contributed by atoms with E-state index in [9.17, 15) is 9.59 Å². The van der Waals surface area contributed by atoms with E-state index in [1.807, 2.05) is 23.6 Å². The third-order valence-electron chi connectivity index (χ3n) is 5.74. The van der Waals surface area contributed by atoms with E-state index in [1.54, 1.807) is 29.2 Å². The fourth-order valence-electron chi connectivity index (χ4n) is 4.02. The van der Waals surface area contributed by atoms with Crippen LogP contribution in [0, 0.1) is 5.92 Å². The molecule has 5 rings (SSSR count). The molecule has 0 bridgehead atoms. The van der Waals surface area contributed by atoms with E-state index in [-0.39, 0.29) is 17.7 Å². The summed E-state index contributed by atoms with van der Waals surface area (Å²) in [5, 5.41) is 5.95. The first-order valence-corrected chi connectivity index (χ1v) is 12.0. The number of benzene rings is 2. The zero-order valence-corrected chi connectivity index (χ0v) is 19.3. The second-order valence-electron chi connectivity index (χ2n) is 7.98. The summed E-state index contributed by atoms with van der Waals surface area (Å²) < 4.78 is 11.2. The zero-order valence-electron chi connectivity index (χ0n) is 17.8. The molecule has 7 nitrogen and oxygen atoms in total. The van der Waals surface area contributed by atoms with Crippen LogP contribution in [0.1, 0.15) is 23.2 Å². The van der Waals surface area contributed by atoms with Crippen molar-refractivity contribution in [2.24, 2.45) is 5.92 Å². The van der Waals surface area contributed by atoms with Crippen molar-refractivity contribution in [3.8, 4) is 22.8 Å². The van der Waals surface area contributed by atoms with E-state index < -0.39 is 0 Å². The summed E-state index contributed by atoms with van der Waals surface area (Å²) in [6.45, 7) is 2.08. The number of thiazole rings is 1. The third-order valence-corrected chi connectivity index (χ3v) is 6.75. The Bertz CT molecular complexity index is 1180. The van der Waals surface area contributed by atoms with E-state index in [2.05, 4.69) is 10.3 Å². The number of ether oxygens (including phenoxy) is 2. The number of anilines is 1. The number of aromatic nitrogens is 1. The molecule has 2 aromatic carbocycles. The molecule has 3 heterocycles. The van der Waals surface area contributed by atoms with Crippen molar-refractivity contribution in [1.82, 2.24) is 9.88 Å². The Morgan fingerprint density at radius 2 is 1.88 bits per heavy atom. The molecule has 0 aliphatic carbocycles. The van der Waals surface area contributed by atoms with Crippen LogP contribution in [0.2, 0.25) is 5.02 Å². The van der Waals surface area contributed by atoms with Gasteiger partial charge in [0.25, 0.3) is 5.91 Å². The Kier molecular flexibility index (Phi) is 6.20. The third kappa shape index (κ3) is 4.82. The number of carbonyl (C=O) groups excluding carboxylic acids is 2. The SMILES string of the molecule is O=C(Nc1nc(-c2ccc3c(c2)OCCO3)cs1)C1CCCN(C(=O)c2ccc(Cl)cc2)C1. The van der Waals surface area contributed by atoms with Gasteiger partial charge in [-0.1, -0.05) is 11.6 Å². The Balaban J connectivity index is 1.23. The maximum atomic E-state index is 12.9. The van der Waals surface area contributed by atoms with Crippen molar-refractivity contribution in [3.05, 3.63) is 58.4 Å². The Morgan fingerprint density at radius 1 is 1.09 bits per heavy atom. The lowest BCUT2D eigenvalue weighted by Gasteiger charge is -2.32. The van der Waals surface area contributed by atoms with Gasteiger partial charge in [0, 0.05) is 34.6 Å². The highest BCUT2D eigenvalue weighted by atomic mass is 35.5. The summed E-state index contributed by atoms with van der Waals surface area (Å²) in [6.07, 6.45) is 1.51. The largest absolute Gasteiger partial charge is 0.486 e. The molecule has 170 valence electrons. The lowest BCUT2D eigenvalue weighted by molar-refractivity contribution is -0.121. The number of fused-ring (bicyclic) bond motifs is 1. The molecular weight excluding hydrogens is 462 g/mol. The standard InChI is InChI=1S/C24H22ClN3O4S/c25-18-6-3-15(4-7-18)23(30)28-9-1-2-17(13-28)22(29)27-24-26-19(14-33-24)16-5-8-20-21(12-16)32-11-10-31-20/h3-8,12,14,17H,1-2,9-11,13H2,(H,26,27,29). The van der Waals surface area contributed by atoms with Crippen LogP contribution in [0.15, 0.2) is 47.8 Å².